The molecule has 0 aliphatic heterocycles. The van der Waals surface area contributed by atoms with Crippen LogP contribution >= 0.6 is 0 Å². The smallest absolute Gasteiger partial charge is 0.337 e. The van der Waals surface area contributed by atoms with Gasteiger partial charge >= 0.3 is 5.97 Å². The third-order valence-electron chi connectivity index (χ3n) is 6.92. The van der Waals surface area contributed by atoms with Crippen LogP contribution in [0.1, 0.15) is 48.5 Å². The summed E-state index contributed by atoms with van der Waals surface area (Å²) in [4.78, 5) is 23.9. The van der Waals surface area contributed by atoms with Crippen LogP contribution in [-0.4, -0.2) is 31.1 Å². The highest BCUT2D eigenvalue weighted by molar-refractivity contribution is 6.11. The SMILES string of the molecule is COc1cc(C#N)c(C(=O)O)cc1OCc1ccccc1.COc1cc(C#N)c(C(=O)c2ccccc2F)cc1OCc1ccccc1. The van der Waals surface area contributed by atoms with E-state index in [1.54, 1.807) is 6.07 Å². The van der Waals surface area contributed by atoms with Crippen molar-refractivity contribution >= 4 is 11.8 Å². The van der Waals surface area contributed by atoms with Gasteiger partial charge in [-0.15, -0.1) is 0 Å². The van der Waals surface area contributed by atoms with E-state index in [9.17, 15) is 19.2 Å². The Morgan fingerprint density at radius 3 is 1.50 bits per heavy atom. The summed E-state index contributed by atoms with van der Waals surface area (Å²) in [5.41, 5.74) is 1.85. The van der Waals surface area contributed by atoms with E-state index in [0.717, 1.165) is 11.1 Å². The fourth-order valence-electron chi connectivity index (χ4n) is 4.48. The Labute approximate surface area is 276 Å². The van der Waals surface area contributed by atoms with Crippen molar-refractivity contribution in [2.75, 3.05) is 14.2 Å². The van der Waals surface area contributed by atoms with E-state index in [-0.39, 0.29) is 46.8 Å². The highest BCUT2D eigenvalue weighted by Crippen LogP contribution is 2.33. The van der Waals surface area contributed by atoms with Crippen LogP contribution in [0.5, 0.6) is 23.0 Å². The molecule has 0 atom stereocenters. The number of nitrogens with zero attached hydrogens (tertiary/aromatic N) is 2. The maximum Gasteiger partial charge on any atom is 0.337 e. The van der Waals surface area contributed by atoms with Gasteiger partial charge in [-0.3, -0.25) is 4.79 Å². The molecule has 0 spiro atoms. The van der Waals surface area contributed by atoms with Gasteiger partial charge < -0.3 is 24.1 Å². The lowest BCUT2D eigenvalue weighted by atomic mass is 9.98. The summed E-state index contributed by atoms with van der Waals surface area (Å²) < 4.78 is 35.8. The fourth-order valence-corrected chi connectivity index (χ4v) is 4.48. The molecule has 0 radical (unpaired) electrons. The number of aromatic carboxylic acids is 1. The number of carbonyl (C=O) groups excluding carboxylic acids is 1. The molecule has 0 heterocycles. The zero-order valence-electron chi connectivity index (χ0n) is 26.0. The van der Waals surface area contributed by atoms with Crippen LogP contribution in [0.3, 0.4) is 0 Å². The second-order valence-electron chi connectivity index (χ2n) is 9.98. The van der Waals surface area contributed by atoms with Gasteiger partial charge in [0.15, 0.2) is 28.8 Å². The molecule has 5 aromatic rings. The van der Waals surface area contributed by atoms with E-state index >= 15 is 0 Å². The number of carboxylic acids is 1. The molecule has 0 bridgehead atoms. The van der Waals surface area contributed by atoms with Crippen LogP contribution in [0.4, 0.5) is 4.39 Å². The van der Waals surface area contributed by atoms with Gasteiger partial charge in [0, 0.05) is 17.7 Å². The zero-order valence-corrected chi connectivity index (χ0v) is 26.0. The molecular formula is C38H29FN2O7. The number of halogens is 1. The average Bonchev–Trinajstić information content (AvgIpc) is 3.13. The summed E-state index contributed by atoms with van der Waals surface area (Å²) in [5.74, 6) is -1.16. The molecule has 0 amide bonds. The minimum atomic E-state index is -1.18. The molecule has 0 aliphatic carbocycles. The Hall–Kier alpha value is -6.65. The van der Waals surface area contributed by atoms with Crippen molar-refractivity contribution in [1.29, 1.82) is 10.5 Å². The van der Waals surface area contributed by atoms with E-state index in [1.165, 1.54) is 56.7 Å². The third kappa shape index (κ3) is 8.53. The van der Waals surface area contributed by atoms with Gasteiger partial charge in [-0.1, -0.05) is 72.8 Å². The number of hydrogen-bond donors (Lipinski definition) is 1. The monoisotopic (exact) mass is 644 g/mol. The number of nitriles is 2. The first-order chi connectivity index (χ1) is 23.3. The van der Waals surface area contributed by atoms with E-state index in [4.69, 9.17) is 29.3 Å². The second-order valence-corrected chi connectivity index (χ2v) is 9.98. The van der Waals surface area contributed by atoms with Crippen molar-refractivity contribution in [3.63, 3.8) is 0 Å². The lowest BCUT2D eigenvalue weighted by Gasteiger charge is -2.14. The maximum atomic E-state index is 14.0. The number of benzene rings is 5. The Balaban J connectivity index is 0.000000224. The molecule has 1 N–H and O–H groups in total. The van der Waals surface area contributed by atoms with Crippen LogP contribution in [0.2, 0.25) is 0 Å². The fraction of sp³-hybridized carbons (Fsp3) is 0.105. The highest BCUT2D eigenvalue weighted by atomic mass is 19.1. The number of carboxylic acid groups (broad SMARTS) is 1. The molecule has 0 saturated carbocycles. The minimum Gasteiger partial charge on any atom is -0.493 e. The van der Waals surface area contributed by atoms with Crippen LogP contribution < -0.4 is 18.9 Å². The average molecular weight is 645 g/mol. The van der Waals surface area contributed by atoms with Crippen molar-refractivity contribution in [2.24, 2.45) is 0 Å². The minimum absolute atomic E-state index is 0.0337. The molecule has 5 rings (SSSR count). The van der Waals surface area contributed by atoms with Crippen LogP contribution in [0.25, 0.3) is 0 Å². The van der Waals surface area contributed by atoms with Crippen LogP contribution in [0.15, 0.2) is 109 Å². The van der Waals surface area contributed by atoms with Crippen molar-refractivity contribution in [1.82, 2.24) is 0 Å². The topological polar surface area (TPSA) is 139 Å². The zero-order chi connectivity index (χ0) is 34.5. The third-order valence-corrected chi connectivity index (χ3v) is 6.92. The summed E-state index contributed by atoms with van der Waals surface area (Å²) in [7, 11) is 2.89. The Morgan fingerprint density at radius 1 is 0.625 bits per heavy atom. The standard InChI is InChI=1S/C22H16FNO3.C16H13NO4/c1-26-20-11-16(13-24)18(22(25)17-9-5-6-10-19(17)23)12-21(20)27-14-15-7-3-2-4-8-15;1-20-14-7-12(9-17)13(16(18)19)8-15(14)21-10-11-5-3-2-4-6-11/h2-12H,14H2,1H3;2-8H,10H2,1H3,(H,18,19). The highest BCUT2D eigenvalue weighted by Gasteiger charge is 2.21. The van der Waals surface area contributed by atoms with E-state index < -0.39 is 17.6 Å². The predicted molar refractivity (Wildman–Crippen MR) is 174 cm³/mol. The van der Waals surface area contributed by atoms with Gasteiger partial charge in [0.05, 0.1) is 36.5 Å². The summed E-state index contributed by atoms with van der Waals surface area (Å²) in [6, 6.07) is 33.9. The molecule has 0 fully saturated rings. The van der Waals surface area contributed by atoms with Crippen molar-refractivity contribution in [3.8, 4) is 35.1 Å². The van der Waals surface area contributed by atoms with Gasteiger partial charge in [-0.25, -0.2) is 9.18 Å². The first-order valence-electron chi connectivity index (χ1n) is 14.4. The molecule has 0 aliphatic rings. The summed E-state index contributed by atoms with van der Waals surface area (Å²) in [5, 5.41) is 27.5. The van der Waals surface area contributed by atoms with Crippen molar-refractivity contribution in [2.45, 2.75) is 13.2 Å². The molecule has 240 valence electrons. The molecule has 0 unspecified atom stereocenters. The van der Waals surface area contributed by atoms with Gasteiger partial charge in [-0.05, 0) is 35.4 Å². The van der Waals surface area contributed by atoms with E-state index in [1.807, 2.05) is 72.8 Å². The Bertz CT molecular complexity index is 1990. The molecule has 48 heavy (non-hydrogen) atoms. The van der Waals surface area contributed by atoms with E-state index in [2.05, 4.69) is 0 Å². The van der Waals surface area contributed by atoms with Gasteiger partial charge in [0.1, 0.15) is 31.2 Å². The van der Waals surface area contributed by atoms with Crippen molar-refractivity contribution in [3.05, 3.63) is 154 Å². The van der Waals surface area contributed by atoms with Crippen molar-refractivity contribution < 1.29 is 38.0 Å². The largest absolute Gasteiger partial charge is 0.493 e. The Morgan fingerprint density at radius 2 is 1.06 bits per heavy atom. The number of rotatable bonds is 11. The number of carbonyl (C=O) groups is 2. The summed E-state index contributed by atoms with van der Waals surface area (Å²) in [6.45, 7) is 0.540. The van der Waals surface area contributed by atoms with Gasteiger partial charge in [0.2, 0.25) is 0 Å². The molecule has 9 nitrogen and oxygen atoms in total. The second kappa shape index (κ2) is 16.6. The van der Waals surface area contributed by atoms with Gasteiger partial charge in [-0.2, -0.15) is 10.5 Å². The first kappa shape index (κ1) is 34.2. The molecule has 0 aromatic heterocycles. The van der Waals surface area contributed by atoms with E-state index in [0.29, 0.717) is 17.2 Å². The normalized spacial score (nSPS) is 9.94. The summed E-state index contributed by atoms with van der Waals surface area (Å²) in [6.07, 6.45) is 0. The molecule has 10 heteroatoms. The maximum absolute atomic E-state index is 14.0. The lowest BCUT2D eigenvalue weighted by molar-refractivity contribution is 0.0695. The Kier molecular flexibility index (Phi) is 11.8. The number of methoxy groups -OCH3 is 2. The lowest BCUT2D eigenvalue weighted by Crippen LogP contribution is -2.08. The quantitative estimate of drug-likeness (QED) is 0.146. The number of hydrogen-bond acceptors (Lipinski definition) is 8. The molecular weight excluding hydrogens is 615 g/mol. The van der Waals surface area contributed by atoms with Gasteiger partial charge in [0.25, 0.3) is 0 Å². The van der Waals surface area contributed by atoms with Crippen LogP contribution in [0, 0.1) is 28.5 Å². The number of ketones is 1. The first-order valence-corrected chi connectivity index (χ1v) is 14.4. The number of ether oxygens (including phenoxy) is 4. The molecule has 0 saturated heterocycles. The summed E-state index contributed by atoms with van der Waals surface area (Å²) >= 11 is 0. The predicted octanol–water partition coefficient (Wildman–Crippen LogP) is 7.36. The molecule has 5 aromatic carbocycles. The van der Waals surface area contributed by atoms with Crippen LogP contribution in [-0.2, 0) is 13.2 Å².